The van der Waals surface area contributed by atoms with Crippen molar-refractivity contribution in [2.24, 2.45) is 0 Å². The zero-order chi connectivity index (χ0) is 19.3. The predicted molar refractivity (Wildman–Crippen MR) is 105 cm³/mol. The highest BCUT2D eigenvalue weighted by Gasteiger charge is 2.57. The lowest BCUT2D eigenvalue weighted by atomic mass is 9.76. The standard InChI is InChI=1S/C23H23NO4/c1-2-3-6-16(25)13-24-19-8-5-4-7-17(19)23(22(24)26)14-28-21-12-20-15(9-10-27-20)11-18(21)23/h4-5,7-8,11-12H,2-3,6,9-10,13-14H2,1H3. The molecular weight excluding hydrogens is 354 g/mol. The van der Waals surface area contributed by atoms with Crippen molar-refractivity contribution < 1.29 is 19.1 Å². The first-order valence-electron chi connectivity index (χ1n) is 10.0. The number of hydrogen-bond acceptors (Lipinski definition) is 4. The fraction of sp³-hybridized carbons (Fsp3) is 0.391. The smallest absolute Gasteiger partial charge is 0.246 e. The Morgan fingerprint density at radius 1 is 1.14 bits per heavy atom. The van der Waals surface area contributed by atoms with E-state index in [1.54, 1.807) is 4.90 Å². The second kappa shape index (κ2) is 6.36. The molecule has 1 unspecified atom stereocenters. The van der Waals surface area contributed by atoms with Crippen LogP contribution in [0.25, 0.3) is 0 Å². The van der Waals surface area contributed by atoms with Crippen molar-refractivity contribution in [2.75, 3.05) is 24.7 Å². The molecule has 3 aliphatic heterocycles. The van der Waals surface area contributed by atoms with E-state index in [9.17, 15) is 9.59 Å². The van der Waals surface area contributed by atoms with Crippen LogP contribution in [0.3, 0.4) is 0 Å². The Hall–Kier alpha value is -2.82. The normalized spacial score (nSPS) is 21.3. The minimum absolute atomic E-state index is 0.0591. The number of carbonyl (C=O) groups excluding carboxylic acids is 2. The van der Waals surface area contributed by atoms with E-state index in [1.807, 2.05) is 30.3 Å². The Kier molecular flexibility index (Phi) is 3.93. The summed E-state index contributed by atoms with van der Waals surface area (Å²) >= 11 is 0. The molecule has 0 N–H and O–H groups in total. The number of para-hydroxylation sites is 1. The van der Waals surface area contributed by atoms with Crippen molar-refractivity contribution in [3.05, 3.63) is 53.1 Å². The van der Waals surface area contributed by atoms with Gasteiger partial charge in [-0.1, -0.05) is 31.5 Å². The molecule has 0 bridgehead atoms. The lowest BCUT2D eigenvalue weighted by Gasteiger charge is -2.23. The maximum Gasteiger partial charge on any atom is 0.246 e. The van der Waals surface area contributed by atoms with E-state index in [4.69, 9.17) is 9.47 Å². The second-order valence-electron chi connectivity index (χ2n) is 7.80. The molecule has 0 saturated carbocycles. The summed E-state index contributed by atoms with van der Waals surface area (Å²) in [5, 5.41) is 0. The van der Waals surface area contributed by atoms with E-state index in [2.05, 4.69) is 13.0 Å². The molecular formula is C23H23NO4. The topological polar surface area (TPSA) is 55.8 Å². The number of nitrogens with zero attached hydrogens (tertiary/aromatic N) is 1. The van der Waals surface area contributed by atoms with Crippen LogP contribution in [0.5, 0.6) is 11.5 Å². The number of Topliss-reactive ketones (excluding diaryl/α,β-unsaturated/α-hetero) is 1. The molecule has 0 aliphatic carbocycles. The zero-order valence-electron chi connectivity index (χ0n) is 16.0. The number of hydrogen-bond donors (Lipinski definition) is 0. The number of ketones is 1. The largest absolute Gasteiger partial charge is 0.493 e. The van der Waals surface area contributed by atoms with E-state index in [1.165, 1.54) is 0 Å². The lowest BCUT2D eigenvalue weighted by Crippen LogP contribution is -2.44. The fourth-order valence-electron chi connectivity index (χ4n) is 4.63. The van der Waals surface area contributed by atoms with Crippen LogP contribution < -0.4 is 14.4 Å². The lowest BCUT2D eigenvalue weighted by molar-refractivity contribution is -0.125. The van der Waals surface area contributed by atoms with Crippen molar-refractivity contribution in [3.8, 4) is 11.5 Å². The molecule has 2 aromatic carbocycles. The van der Waals surface area contributed by atoms with Gasteiger partial charge in [0.15, 0.2) is 5.78 Å². The van der Waals surface area contributed by atoms with Crippen molar-refractivity contribution >= 4 is 17.4 Å². The van der Waals surface area contributed by atoms with E-state index in [0.29, 0.717) is 18.8 Å². The molecule has 0 saturated heterocycles. The zero-order valence-corrected chi connectivity index (χ0v) is 16.0. The van der Waals surface area contributed by atoms with E-state index in [0.717, 1.165) is 47.4 Å². The number of amides is 1. The van der Waals surface area contributed by atoms with Crippen molar-refractivity contribution in [2.45, 2.75) is 38.0 Å². The van der Waals surface area contributed by atoms with E-state index >= 15 is 0 Å². The van der Waals surface area contributed by atoms with Gasteiger partial charge in [0.1, 0.15) is 23.5 Å². The highest BCUT2D eigenvalue weighted by atomic mass is 16.5. The monoisotopic (exact) mass is 377 g/mol. The first-order chi connectivity index (χ1) is 13.6. The van der Waals surface area contributed by atoms with Gasteiger partial charge in [0, 0.05) is 30.2 Å². The van der Waals surface area contributed by atoms with Gasteiger partial charge in [-0.05, 0) is 29.7 Å². The van der Waals surface area contributed by atoms with Gasteiger partial charge < -0.3 is 14.4 Å². The molecule has 0 aromatic heterocycles. The molecule has 5 heteroatoms. The number of ether oxygens (including phenoxy) is 2. The van der Waals surface area contributed by atoms with E-state index in [-0.39, 0.29) is 24.8 Å². The Morgan fingerprint density at radius 2 is 2.00 bits per heavy atom. The van der Waals surface area contributed by atoms with Gasteiger partial charge in [0.2, 0.25) is 5.91 Å². The SMILES string of the molecule is CCCCC(=O)CN1C(=O)C2(COc3cc4c(cc32)CCO4)c2ccccc21. The Labute approximate surface area is 164 Å². The third-order valence-electron chi connectivity index (χ3n) is 6.10. The van der Waals surface area contributed by atoms with Gasteiger partial charge in [-0.15, -0.1) is 0 Å². The summed E-state index contributed by atoms with van der Waals surface area (Å²) in [6.45, 7) is 3.11. The van der Waals surface area contributed by atoms with Gasteiger partial charge in [0.05, 0.1) is 13.2 Å². The number of unbranched alkanes of at least 4 members (excludes halogenated alkanes) is 1. The fourth-order valence-corrected chi connectivity index (χ4v) is 4.63. The summed E-state index contributed by atoms with van der Waals surface area (Å²) < 4.78 is 11.7. The maximum atomic E-state index is 13.7. The van der Waals surface area contributed by atoms with Gasteiger partial charge in [-0.2, -0.15) is 0 Å². The van der Waals surface area contributed by atoms with Crippen LogP contribution >= 0.6 is 0 Å². The van der Waals surface area contributed by atoms with Gasteiger partial charge >= 0.3 is 0 Å². The quantitative estimate of drug-likeness (QED) is 0.801. The average Bonchev–Trinajstić information content (AvgIpc) is 3.38. The number of benzene rings is 2. The van der Waals surface area contributed by atoms with Crippen LogP contribution in [0.15, 0.2) is 36.4 Å². The molecule has 144 valence electrons. The van der Waals surface area contributed by atoms with Crippen LogP contribution in [-0.2, 0) is 21.4 Å². The Morgan fingerprint density at radius 3 is 2.86 bits per heavy atom. The summed E-state index contributed by atoms with van der Waals surface area (Å²) in [7, 11) is 0. The molecule has 0 radical (unpaired) electrons. The van der Waals surface area contributed by atoms with E-state index < -0.39 is 5.41 Å². The molecule has 1 amide bonds. The van der Waals surface area contributed by atoms with Crippen molar-refractivity contribution in [1.82, 2.24) is 0 Å². The number of fused-ring (bicyclic) bond motifs is 5. The van der Waals surface area contributed by atoms with Crippen LogP contribution in [-0.4, -0.2) is 31.4 Å². The van der Waals surface area contributed by atoms with Gasteiger partial charge in [0.25, 0.3) is 0 Å². The molecule has 28 heavy (non-hydrogen) atoms. The van der Waals surface area contributed by atoms with Crippen LogP contribution in [0.2, 0.25) is 0 Å². The summed E-state index contributed by atoms with van der Waals surface area (Å²) in [6, 6.07) is 11.8. The summed E-state index contributed by atoms with van der Waals surface area (Å²) in [4.78, 5) is 27.9. The van der Waals surface area contributed by atoms with Crippen LogP contribution in [0, 0.1) is 0 Å². The maximum absolute atomic E-state index is 13.7. The molecule has 3 aliphatic rings. The van der Waals surface area contributed by atoms with Crippen LogP contribution in [0.4, 0.5) is 5.69 Å². The molecule has 5 rings (SSSR count). The molecule has 1 spiro atoms. The first kappa shape index (κ1) is 17.3. The number of anilines is 1. The third-order valence-corrected chi connectivity index (χ3v) is 6.10. The minimum atomic E-state index is -0.866. The second-order valence-corrected chi connectivity index (χ2v) is 7.80. The first-order valence-corrected chi connectivity index (χ1v) is 10.0. The summed E-state index contributed by atoms with van der Waals surface area (Å²) in [5.41, 5.74) is 2.91. The molecule has 3 heterocycles. The average molecular weight is 377 g/mol. The highest BCUT2D eigenvalue weighted by molar-refractivity contribution is 6.13. The number of rotatable bonds is 5. The number of carbonyl (C=O) groups is 2. The molecule has 2 aromatic rings. The molecule has 1 atom stereocenters. The van der Waals surface area contributed by atoms with Crippen molar-refractivity contribution in [3.63, 3.8) is 0 Å². The van der Waals surface area contributed by atoms with Gasteiger partial charge in [-0.3, -0.25) is 9.59 Å². The predicted octanol–water partition coefficient (Wildman–Crippen LogP) is 3.41. The Balaban J connectivity index is 1.59. The third kappa shape index (κ3) is 2.32. The van der Waals surface area contributed by atoms with Crippen molar-refractivity contribution in [1.29, 1.82) is 0 Å². The summed E-state index contributed by atoms with van der Waals surface area (Å²) in [5.74, 6) is 1.60. The summed E-state index contributed by atoms with van der Waals surface area (Å²) in [6.07, 6.45) is 3.17. The highest BCUT2D eigenvalue weighted by Crippen LogP contribution is 2.53. The molecule has 0 fully saturated rings. The minimum Gasteiger partial charge on any atom is -0.493 e. The Bertz CT molecular complexity index is 983. The van der Waals surface area contributed by atoms with Crippen LogP contribution in [0.1, 0.15) is 42.9 Å². The molecule has 5 nitrogen and oxygen atoms in total. The van der Waals surface area contributed by atoms with Gasteiger partial charge in [-0.25, -0.2) is 0 Å².